The Kier molecular flexibility index (Phi) is 4.02. The number of phenols is 1. The number of likely N-dealkylation sites (N-methyl/N-ethyl adjacent to an activating group) is 1. The fourth-order valence-corrected chi connectivity index (χ4v) is 4.94. The van der Waals surface area contributed by atoms with Crippen LogP contribution in [0.15, 0.2) is 12.1 Å². The number of carbonyl (C=O) groups excluding carboxylic acids is 1. The number of hydrogen-bond donors (Lipinski definition) is 3. The lowest BCUT2D eigenvalue weighted by atomic mass is 10.0. The molecule has 6 nitrogen and oxygen atoms in total. The molecule has 3 heterocycles. The summed E-state index contributed by atoms with van der Waals surface area (Å²) in [5.41, 5.74) is 2.35. The average molecular weight is 380 g/mol. The van der Waals surface area contributed by atoms with E-state index in [1.165, 1.54) is 18.1 Å². The molecule has 3 N–H and O–H groups in total. The second kappa shape index (κ2) is 6.09. The van der Waals surface area contributed by atoms with Crippen molar-refractivity contribution in [2.24, 2.45) is 0 Å². The molecule has 0 saturated carbocycles. The molecule has 1 amide bonds. The molecule has 0 fully saturated rings. The van der Waals surface area contributed by atoms with E-state index in [1.54, 1.807) is 17.4 Å². The number of halogens is 1. The van der Waals surface area contributed by atoms with Gasteiger partial charge in [0.15, 0.2) is 11.5 Å². The molecule has 1 aromatic heterocycles. The Morgan fingerprint density at radius 3 is 2.96 bits per heavy atom. The van der Waals surface area contributed by atoms with Crippen molar-refractivity contribution >= 4 is 33.8 Å². The highest BCUT2D eigenvalue weighted by Crippen LogP contribution is 2.43. The Morgan fingerprint density at radius 1 is 1.40 bits per heavy atom. The van der Waals surface area contributed by atoms with Gasteiger partial charge in [-0.15, -0.1) is 11.3 Å². The number of methoxy groups -OCH3 is 1. The van der Waals surface area contributed by atoms with Crippen LogP contribution >= 0.6 is 22.9 Å². The first-order valence-electron chi connectivity index (χ1n) is 7.94. The fourth-order valence-electron chi connectivity index (χ4n) is 3.37. The minimum atomic E-state index is -0.564. The summed E-state index contributed by atoms with van der Waals surface area (Å²) in [5, 5.41) is 17.9. The highest BCUT2D eigenvalue weighted by atomic mass is 35.5. The van der Waals surface area contributed by atoms with Gasteiger partial charge in [-0.05, 0) is 25.1 Å². The monoisotopic (exact) mass is 379 g/mol. The lowest BCUT2D eigenvalue weighted by molar-refractivity contribution is 0.0934. The zero-order chi connectivity index (χ0) is 17.7. The average Bonchev–Trinajstić information content (AvgIpc) is 2.94. The van der Waals surface area contributed by atoms with Gasteiger partial charge >= 0.3 is 0 Å². The van der Waals surface area contributed by atoms with Crippen LogP contribution in [-0.2, 0) is 13.0 Å². The van der Waals surface area contributed by atoms with E-state index in [1.807, 2.05) is 0 Å². The molecule has 1 atom stereocenters. The van der Waals surface area contributed by atoms with Gasteiger partial charge in [-0.2, -0.15) is 0 Å². The molecular weight excluding hydrogens is 362 g/mol. The highest BCUT2D eigenvalue weighted by Gasteiger charge is 2.34. The standard InChI is InChI=1S/C17H18ClN3O3S/c1-21-4-3-9-12(7-21)25-17-13(9)16(23)19-15(20-17)10-5-8(18)6-11(24-2)14(10)22/h5-6,15,20,22H,3-4,7H2,1-2H3,(H,19,23)/t15-/m1/s1. The van der Waals surface area contributed by atoms with Gasteiger partial charge in [-0.25, -0.2) is 0 Å². The second-order valence-electron chi connectivity index (χ2n) is 6.29. The number of thiophene rings is 1. The van der Waals surface area contributed by atoms with Crippen molar-refractivity contribution in [3.63, 3.8) is 0 Å². The van der Waals surface area contributed by atoms with E-state index in [-0.39, 0.29) is 17.4 Å². The summed E-state index contributed by atoms with van der Waals surface area (Å²) in [7, 11) is 3.54. The zero-order valence-electron chi connectivity index (χ0n) is 13.9. The molecule has 0 saturated heterocycles. The molecule has 2 aliphatic heterocycles. The number of anilines is 1. The number of rotatable bonds is 2. The minimum absolute atomic E-state index is 0.0331. The summed E-state index contributed by atoms with van der Waals surface area (Å²) >= 11 is 7.72. The smallest absolute Gasteiger partial charge is 0.256 e. The van der Waals surface area contributed by atoms with Crippen molar-refractivity contribution in [3.05, 3.63) is 38.7 Å². The third kappa shape index (κ3) is 2.72. The number of carbonyl (C=O) groups is 1. The Bertz CT molecular complexity index is 867. The molecule has 0 spiro atoms. The molecule has 25 heavy (non-hydrogen) atoms. The van der Waals surface area contributed by atoms with Crippen molar-refractivity contribution in [3.8, 4) is 11.5 Å². The first kappa shape index (κ1) is 16.5. The van der Waals surface area contributed by atoms with Crippen LogP contribution in [0.5, 0.6) is 11.5 Å². The Hall–Kier alpha value is -1.96. The fraction of sp³-hybridized carbons (Fsp3) is 0.353. The maximum Gasteiger partial charge on any atom is 0.256 e. The van der Waals surface area contributed by atoms with E-state index in [4.69, 9.17) is 16.3 Å². The van der Waals surface area contributed by atoms with Crippen molar-refractivity contribution in [2.75, 3.05) is 26.0 Å². The third-order valence-electron chi connectivity index (χ3n) is 4.63. The minimum Gasteiger partial charge on any atom is -0.504 e. The number of nitrogens with one attached hydrogen (secondary N) is 2. The van der Waals surface area contributed by atoms with E-state index >= 15 is 0 Å². The first-order valence-corrected chi connectivity index (χ1v) is 9.14. The largest absolute Gasteiger partial charge is 0.504 e. The lowest BCUT2D eigenvalue weighted by Gasteiger charge is -2.28. The normalized spacial score (nSPS) is 19.6. The van der Waals surface area contributed by atoms with E-state index in [9.17, 15) is 9.90 Å². The SMILES string of the molecule is COc1cc(Cl)cc([C@@H]2NC(=O)c3c(sc4c3CCN(C)C4)N2)c1O. The second-order valence-corrected chi connectivity index (χ2v) is 7.83. The Morgan fingerprint density at radius 2 is 2.20 bits per heavy atom. The molecule has 0 aliphatic carbocycles. The molecule has 0 bridgehead atoms. The first-order chi connectivity index (χ1) is 12.0. The number of ether oxygens (including phenoxy) is 1. The van der Waals surface area contributed by atoms with E-state index in [0.717, 1.165) is 35.6 Å². The van der Waals surface area contributed by atoms with Gasteiger partial charge < -0.3 is 25.4 Å². The molecule has 4 rings (SSSR count). The molecule has 1 aromatic carbocycles. The van der Waals surface area contributed by atoms with E-state index < -0.39 is 6.17 Å². The topological polar surface area (TPSA) is 73.8 Å². The van der Waals surface area contributed by atoms with Gasteiger partial charge in [0, 0.05) is 34.6 Å². The Balaban J connectivity index is 1.73. The molecular formula is C17H18ClN3O3S. The van der Waals surface area contributed by atoms with Crippen molar-refractivity contribution in [2.45, 2.75) is 19.1 Å². The number of aromatic hydroxyl groups is 1. The molecule has 2 aliphatic rings. The number of fused-ring (bicyclic) bond motifs is 3. The predicted octanol–water partition coefficient (Wildman–Crippen LogP) is 2.96. The van der Waals surface area contributed by atoms with Crippen LogP contribution in [0.3, 0.4) is 0 Å². The van der Waals surface area contributed by atoms with Crippen molar-refractivity contribution in [1.29, 1.82) is 0 Å². The summed E-state index contributed by atoms with van der Waals surface area (Å²) in [4.78, 5) is 16.2. The number of phenolic OH excluding ortho intramolecular Hbond substituents is 1. The molecule has 132 valence electrons. The zero-order valence-corrected chi connectivity index (χ0v) is 15.4. The van der Waals surface area contributed by atoms with Crippen LogP contribution < -0.4 is 15.4 Å². The van der Waals surface area contributed by atoms with Crippen LogP contribution in [0.1, 0.15) is 32.5 Å². The van der Waals surface area contributed by atoms with Crippen LogP contribution in [0.2, 0.25) is 5.02 Å². The van der Waals surface area contributed by atoms with Crippen molar-refractivity contribution < 1.29 is 14.6 Å². The van der Waals surface area contributed by atoms with Crippen molar-refractivity contribution in [1.82, 2.24) is 10.2 Å². The predicted molar refractivity (Wildman–Crippen MR) is 97.9 cm³/mol. The van der Waals surface area contributed by atoms with E-state index in [2.05, 4.69) is 22.6 Å². The third-order valence-corrected chi connectivity index (χ3v) is 5.99. The summed E-state index contributed by atoms with van der Waals surface area (Å²) in [5.74, 6) is 0.116. The number of hydrogen-bond acceptors (Lipinski definition) is 6. The number of benzene rings is 1. The van der Waals surface area contributed by atoms with Crippen LogP contribution in [0.4, 0.5) is 5.00 Å². The summed E-state index contributed by atoms with van der Waals surface area (Å²) < 4.78 is 5.15. The molecule has 0 unspecified atom stereocenters. The van der Waals surface area contributed by atoms with Gasteiger partial charge in [0.05, 0.1) is 12.7 Å². The summed E-state index contributed by atoms with van der Waals surface area (Å²) in [6.45, 7) is 1.79. The van der Waals surface area contributed by atoms with Crippen LogP contribution in [0.25, 0.3) is 0 Å². The van der Waals surface area contributed by atoms with Gasteiger partial charge in [0.1, 0.15) is 11.2 Å². The van der Waals surface area contributed by atoms with Crippen LogP contribution in [-0.4, -0.2) is 36.6 Å². The molecule has 8 heteroatoms. The van der Waals surface area contributed by atoms with E-state index in [0.29, 0.717) is 10.6 Å². The van der Waals surface area contributed by atoms with Gasteiger partial charge in [-0.3, -0.25) is 4.79 Å². The number of nitrogens with zero attached hydrogens (tertiary/aromatic N) is 1. The highest BCUT2D eigenvalue weighted by molar-refractivity contribution is 7.16. The lowest BCUT2D eigenvalue weighted by Crippen LogP contribution is -2.38. The quantitative estimate of drug-likeness (QED) is 0.748. The van der Waals surface area contributed by atoms with Crippen LogP contribution in [0, 0.1) is 0 Å². The summed E-state index contributed by atoms with van der Waals surface area (Å²) in [6.07, 6.45) is 0.304. The molecule has 2 aromatic rings. The summed E-state index contributed by atoms with van der Waals surface area (Å²) in [6, 6.07) is 3.17. The Labute approximate surface area is 154 Å². The molecule has 0 radical (unpaired) electrons. The van der Waals surface area contributed by atoms with Gasteiger partial charge in [-0.1, -0.05) is 11.6 Å². The van der Waals surface area contributed by atoms with Gasteiger partial charge in [0.25, 0.3) is 5.91 Å². The maximum absolute atomic E-state index is 12.7. The number of amides is 1. The van der Waals surface area contributed by atoms with Gasteiger partial charge in [0.2, 0.25) is 0 Å². The maximum atomic E-state index is 12.7.